The Hall–Kier alpha value is -1.36. The van der Waals surface area contributed by atoms with Gasteiger partial charge in [0.2, 0.25) is 0 Å². The average molecular weight is 373 g/mol. The molecule has 2 heteroatoms. The maximum Gasteiger partial charge on any atom is 0.160 e. The van der Waals surface area contributed by atoms with Gasteiger partial charge in [-0.25, -0.2) is 8.78 Å². The molecule has 0 N–H and O–H groups in total. The van der Waals surface area contributed by atoms with Crippen LogP contribution in [0.5, 0.6) is 0 Å². The van der Waals surface area contributed by atoms with Crippen molar-refractivity contribution in [1.82, 2.24) is 0 Å². The summed E-state index contributed by atoms with van der Waals surface area (Å²) in [7, 11) is 0. The van der Waals surface area contributed by atoms with Gasteiger partial charge < -0.3 is 0 Å². The Kier molecular flexibility index (Phi) is 7.74. The molecule has 0 unspecified atom stereocenters. The van der Waals surface area contributed by atoms with Gasteiger partial charge in [-0.3, -0.25) is 0 Å². The van der Waals surface area contributed by atoms with Gasteiger partial charge in [0.25, 0.3) is 0 Å². The van der Waals surface area contributed by atoms with Crippen molar-refractivity contribution in [3.05, 3.63) is 35.4 Å². The van der Waals surface area contributed by atoms with E-state index in [1.165, 1.54) is 70.3 Å². The molecule has 0 aromatic heterocycles. The lowest BCUT2D eigenvalue weighted by atomic mass is 9.69. The SMILES string of the molecule is CCCCC[C@H]1CC[C@H](C2CCC(C#Cc3ccc(F)c(F)c3)CC2)CC1. The number of rotatable bonds is 5. The molecule has 2 aliphatic rings. The Balaban J connectivity index is 1.41. The van der Waals surface area contributed by atoms with Crippen molar-refractivity contribution in [2.45, 2.75) is 84.0 Å². The van der Waals surface area contributed by atoms with Crippen LogP contribution in [0.1, 0.15) is 89.5 Å². The molecule has 2 aliphatic carbocycles. The van der Waals surface area contributed by atoms with E-state index in [-0.39, 0.29) is 0 Å². The van der Waals surface area contributed by atoms with Crippen molar-refractivity contribution in [3.63, 3.8) is 0 Å². The topological polar surface area (TPSA) is 0 Å². The van der Waals surface area contributed by atoms with Crippen molar-refractivity contribution in [3.8, 4) is 11.8 Å². The van der Waals surface area contributed by atoms with Crippen LogP contribution in [0.4, 0.5) is 8.78 Å². The fourth-order valence-corrected chi connectivity index (χ4v) is 5.13. The van der Waals surface area contributed by atoms with Gasteiger partial charge in [0, 0.05) is 11.5 Å². The number of unbranched alkanes of at least 4 members (excludes halogenated alkanes) is 2. The normalized spacial score (nSPS) is 28.4. The molecule has 0 nitrogen and oxygen atoms in total. The largest absolute Gasteiger partial charge is 0.204 e. The number of benzene rings is 1. The van der Waals surface area contributed by atoms with Gasteiger partial charge in [0.15, 0.2) is 11.6 Å². The minimum atomic E-state index is -0.809. The third kappa shape index (κ3) is 6.06. The fourth-order valence-electron chi connectivity index (χ4n) is 5.13. The van der Waals surface area contributed by atoms with Crippen molar-refractivity contribution in [2.75, 3.05) is 0 Å². The van der Waals surface area contributed by atoms with Gasteiger partial charge >= 0.3 is 0 Å². The fraction of sp³-hybridized carbons (Fsp3) is 0.680. The Bertz CT molecular complexity index is 638. The molecule has 0 amide bonds. The number of hydrogen-bond donors (Lipinski definition) is 0. The van der Waals surface area contributed by atoms with Gasteiger partial charge in [-0.15, -0.1) is 0 Å². The summed E-state index contributed by atoms with van der Waals surface area (Å²) in [6.45, 7) is 2.29. The van der Waals surface area contributed by atoms with E-state index in [0.717, 1.165) is 36.7 Å². The van der Waals surface area contributed by atoms with Crippen LogP contribution in [0.25, 0.3) is 0 Å². The predicted octanol–water partition coefficient (Wildman–Crippen LogP) is 7.51. The zero-order valence-electron chi connectivity index (χ0n) is 16.8. The van der Waals surface area contributed by atoms with Crippen LogP contribution in [-0.4, -0.2) is 0 Å². The molecule has 148 valence electrons. The van der Waals surface area contributed by atoms with Gasteiger partial charge in [-0.1, -0.05) is 57.3 Å². The molecule has 0 spiro atoms. The monoisotopic (exact) mass is 372 g/mol. The molecule has 1 aromatic carbocycles. The molecule has 0 saturated heterocycles. The summed E-state index contributed by atoms with van der Waals surface area (Å²) in [5.74, 6) is 7.98. The minimum absolute atomic E-state index is 0.416. The summed E-state index contributed by atoms with van der Waals surface area (Å²) < 4.78 is 26.3. The van der Waals surface area contributed by atoms with Gasteiger partial charge in [0.1, 0.15) is 0 Å². The lowest BCUT2D eigenvalue weighted by Gasteiger charge is -2.37. The molecule has 0 bridgehead atoms. The Morgan fingerprint density at radius 2 is 1.52 bits per heavy atom. The second kappa shape index (κ2) is 10.3. The molecule has 0 atom stereocenters. The number of hydrogen-bond acceptors (Lipinski definition) is 0. The summed E-state index contributed by atoms with van der Waals surface area (Å²) >= 11 is 0. The Morgan fingerprint density at radius 1 is 0.852 bits per heavy atom. The lowest BCUT2D eigenvalue weighted by molar-refractivity contribution is 0.153. The Labute approximate surface area is 164 Å². The van der Waals surface area contributed by atoms with Crippen molar-refractivity contribution in [1.29, 1.82) is 0 Å². The first-order chi connectivity index (χ1) is 13.2. The van der Waals surface area contributed by atoms with E-state index in [1.807, 2.05) is 0 Å². The summed E-state index contributed by atoms with van der Waals surface area (Å²) in [5, 5.41) is 0. The molecule has 2 fully saturated rings. The van der Waals surface area contributed by atoms with E-state index in [0.29, 0.717) is 11.5 Å². The summed E-state index contributed by atoms with van der Waals surface area (Å²) in [6, 6.07) is 3.93. The first-order valence-electron chi connectivity index (χ1n) is 11.1. The zero-order chi connectivity index (χ0) is 19.1. The summed E-state index contributed by atoms with van der Waals surface area (Å²) in [5.41, 5.74) is 0.581. The van der Waals surface area contributed by atoms with Gasteiger partial charge in [-0.05, 0) is 74.5 Å². The molecule has 1 aromatic rings. The van der Waals surface area contributed by atoms with Crippen LogP contribution >= 0.6 is 0 Å². The molecular weight excluding hydrogens is 338 g/mol. The van der Waals surface area contributed by atoms with Crippen LogP contribution in [0.3, 0.4) is 0 Å². The highest BCUT2D eigenvalue weighted by atomic mass is 19.2. The average Bonchev–Trinajstić information content (AvgIpc) is 2.70. The first-order valence-corrected chi connectivity index (χ1v) is 11.1. The third-order valence-corrected chi connectivity index (χ3v) is 6.89. The predicted molar refractivity (Wildman–Crippen MR) is 108 cm³/mol. The lowest BCUT2D eigenvalue weighted by Crippen LogP contribution is -2.25. The van der Waals surface area contributed by atoms with Gasteiger partial charge in [-0.2, -0.15) is 0 Å². The van der Waals surface area contributed by atoms with Crippen LogP contribution in [0.2, 0.25) is 0 Å². The molecule has 3 rings (SSSR count). The summed E-state index contributed by atoms with van der Waals surface area (Å²) in [6.07, 6.45) is 16.3. The van der Waals surface area contributed by atoms with E-state index in [2.05, 4.69) is 18.8 Å². The number of halogens is 2. The molecular formula is C25H34F2. The van der Waals surface area contributed by atoms with E-state index < -0.39 is 11.6 Å². The Morgan fingerprint density at radius 3 is 2.15 bits per heavy atom. The maximum atomic E-state index is 13.3. The molecule has 27 heavy (non-hydrogen) atoms. The zero-order valence-corrected chi connectivity index (χ0v) is 16.8. The van der Waals surface area contributed by atoms with Crippen molar-refractivity contribution < 1.29 is 8.78 Å². The van der Waals surface area contributed by atoms with Crippen LogP contribution in [0, 0.1) is 47.1 Å². The van der Waals surface area contributed by atoms with Gasteiger partial charge in [0.05, 0.1) is 0 Å². The molecule has 2 saturated carbocycles. The highest BCUT2D eigenvalue weighted by molar-refractivity contribution is 5.35. The highest BCUT2D eigenvalue weighted by Crippen LogP contribution is 2.42. The van der Waals surface area contributed by atoms with Crippen molar-refractivity contribution in [2.24, 2.45) is 23.7 Å². The van der Waals surface area contributed by atoms with Crippen LogP contribution in [-0.2, 0) is 0 Å². The maximum absolute atomic E-state index is 13.3. The van der Waals surface area contributed by atoms with Crippen molar-refractivity contribution >= 4 is 0 Å². The van der Waals surface area contributed by atoms with E-state index >= 15 is 0 Å². The van der Waals surface area contributed by atoms with E-state index in [9.17, 15) is 8.78 Å². The quantitative estimate of drug-likeness (QED) is 0.370. The minimum Gasteiger partial charge on any atom is -0.204 e. The first kappa shape index (κ1) is 20.4. The molecule has 0 aliphatic heterocycles. The highest BCUT2D eigenvalue weighted by Gasteiger charge is 2.30. The molecule has 0 radical (unpaired) electrons. The smallest absolute Gasteiger partial charge is 0.160 e. The standard InChI is InChI=1S/C25H34F2/c1-2-3-4-5-19-8-13-22(14-9-19)23-15-10-20(11-16-23)6-7-21-12-17-24(26)25(27)18-21/h12,17-20,22-23H,2-5,8-11,13-16H2,1H3/t19-,20?,22-,23?. The summed E-state index contributed by atoms with van der Waals surface area (Å²) in [4.78, 5) is 0. The molecule has 0 heterocycles. The van der Waals surface area contributed by atoms with E-state index in [4.69, 9.17) is 0 Å². The third-order valence-electron chi connectivity index (χ3n) is 6.89. The van der Waals surface area contributed by atoms with Crippen LogP contribution < -0.4 is 0 Å². The second-order valence-corrected chi connectivity index (χ2v) is 8.79. The van der Waals surface area contributed by atoms with E-state index in [1.54, 1.807) is 6.07 Å². The van der Waals surface area contributed by atoms with Crippen LogP contribution in [0.15, 0.2) is 18.2 Å². The second-order valence-electron chi connectivity index (χ2n) is 8.79.